The van der Waals surface area contributed by atoms with Crippen molar-refractivity contribution in [1.29, 1.82) is 0 Å². The standard InChI is InChI=1S/C14H20BrN3O/c1-10-8-11(15)14-12(9-10)17(2)13(19)4-7-18(14)6-3-5-16/h8-9H,3-7,16H2,1-2H3. The van der Waals surface area contributed by atoms with E-state index in [1.165, 1.54) is 0 Å². The average molecular weight is 326 g/mol. The largest absolute Gasteiger partial charge is 0.368 e. The van der Waals surface area contributed by atoms with E-state index in [9.17, 15) is 4.79 Å². The van der Waals surface area contributed by atoms with Crippen molar-refractivity contribution in [3.8, 4) is 0 Å². The average Bonchev–Trinajstić information content (AvgIpc) is 2.48. The molecule has 0 bridgehead atoms. The van der Waals surface area contributed by atoms with E-state index >= 15 is 0 Å². The molecule has 1 aromatic carbocycles. The SMILES string of the molecule is Cc1cc(Br)c2c(c1)N(C)C(=O)CCN2CCCN. The molecule has 1 aliphatic heterocycles. The zero-order chi connectivity index (χ0) is 14.0. The van der Waals surface area contributed by atoms with Gasteiger partial charge < -0.3 is 15.5 Å². The van der Waals surface area contributed by atoms with Gasteiger partial charge in [0.25, 0.3) is 0 Å². The van der Waals surface area contributed by atoms with Crippen molar-refractivity contribution < 1.29 is 4.79 Å². The second kappa shape index (κ2) is 5.92. The molecular weight excluding hydrogens is 306 g/mol. The maximum absolute atomic E-state index is 12.1. The number of fused-ring (bicyclic) bond motifs is 1. The van der Waals surface area contributed by atoms with Gasteiger partial charge in [-0.25, -0.2) is 0 Å². The van der Waals surface area contributed by atoms with Gasteiger partial charge >= 0.3 is 0 Å². The van der Waals surface area contributed by atoms with E-state index in [-0.39, 0.29) is 5.91 Å². The predicted octanol–water partition coefficient (Wildman–Crippen LogP) is 2.28. The summed E-state index contributed by atoms with van der Waals surface area (Å²) in [5.41, 5.74) is 8.83. The Morgan fingerprint density at radius 3 is 2.84 bits per heavy atom. The predicted molar refractivity (Wildman–Crippen MR) is 82.8 cm³/mol. The van der Waals surface area contributed by atoms with Gasteiger partial charge in [-0.2, -0.15) is 0 Å². The highest BCUT2D eigenvalue weighted by Gasteiger charge is 2.25. The molecule has 1 aliphatic rings. The maximum atomic E-state index is 12.1. The minimum absolute atomic E-state index is 0.161. The lowest BCUT2D eigenvalue weighted by molar-refractivity contribution is -0.118. The Balaban J connectivity index is 2.48. The Morgan fingerprint density at radius 1 is 1.42 bits per heavy atom. The summed E-state index contributed by atoms with van der Waals surface area (Å²) in [7, 11) is 1.85. The maximum Gasteiger partial charge on any atom is 0.228 e. The van der Waals surface area contributed by atoms with E-state index < -0.39 is 0 Å². The van der Waals surface area contributed by atoms with Gasteiger partial charge in [0.2, 0.25) is 5.91 Å². The lowest BCUT2D eigenvalue weighted by Gasteiger charge is -2.27. The molecule has 0 atom stereocenters. The van der Waals surface area contributed by atoms with Crippen molar-refractivity contribution in [2.24, 2.45) is 5.73 Å². The summed E-state index contributed by atoms with van der Waals surface area (Å²) in [5.74, 6) is 0.161. The molecule has 0 unspecified atom stereocenters. The van der Waals surface area contributed by atoms with E-state index in [0.29, 0.717) is 13.0 Å². The summed E-state index contributed by atoms with van der Waals surface area (Å²) in [6.45, 7) is 4.34. The van der Waals surface area contributed by atoms with E-state index in [0.717, 1.165) is 40.9 Å². The first kappa shape index (κ1) is 14.3. The van der Waals surface area contributed by atoms with Crippen LogP contribution in [-0.2, 0) is 4.79 Å². The second-order valence-electron chi connectivity index (χ2n) is 4.95. The van der Waals surface area contributed by atoms with Crippen LogP contribution >= 0.6 is 15.9 Å². The van der Waals surface area contributed by atoms with Crippen molar-refractivity contribution in [2.75, 3.05) is 36.5 Å². The molecule has 19 heavy (non-hydrogen) atoms. The highest BCUT2D eigenvalue weighted by molar-refractivity contribution is 9.10. The van der Waals surface area contributed by atoms with Gasteiger partial charge in [0.15, 0.2) is 0 Å². The molecule has 0 saturated carbocycles. The summed E-state index contributed by atoms with van der Waals surface area (Å²) >= 11 is 3.64. The first-order valence-corrected chi connectivity index (χ1v) is 7.35. The van der Waals surface area contributed by atoms with E-state index in [4.69, 9.17) is 5.73 Å². The number of benzene rings is 1. The Labute approximate surface area is 122 Å². The van der Waals surface area contributed by atoms with Crippen LogP contribution in [0.2, 0.25) is 0 Å². The number of carbonyl (C=O) groups is 1. The lowest BCUT2D eigenvalue weighted by Crippen LogP contribution is -2.28. The molecule has 0 aromatic heterocycles. The molecule has 104 valence electrons. The highest BCUT2D eigenvalue weighted by atomic mass is 79.9. The fraction of sp³-hybridized carbons (Fsp3) is 0.500. The van der Waals surface area contributed by atoms with Crippen molar-refractivity contribution in [2.45, 2.75) is 19.8 Å². The van der Waals surface area contributed by atoms with Crippen LogP contribution in [0.25, 0.3) is 0 Å². The summed E-state index contributed by atoms with van der Waals surface area (Å²) in [6, 6.07) is 4.16. The number of rotatable bonds is 3. The van der Waals surface area contributed by atoms with Crippen LogP contribution in [0, 0.1) is 6.92 Å². The molecule has 2 N–H and O–H groups in total. The van der Waals surface area contributed by atoms with E-state index in [1.54, 1.807) is 4.90 Å². The second-order valence-corrected chi connectivity index (χ2v) is 5.80. The van der Waals surface area contributed by atoms with Crippen LogP contribution in [0.4, 0.5) is 11.4 Å². The monoisotopic (exact) mass is 325 g/mol. The van der Waals surface area contributed by atoms with Crippen LogP contribution in [0.5, 0.6) is 0 Å². The molecule has 2 rings (SSSR count). The van der Waals surface area contributed by atoms with E-state index in [2.05, 4.69) is 33.0 Å². The van der Waals surface area contributed by atoms with Crippen molar-refractivity contribution >= 4 is 33.2 Å². The molecule has 1 heterocycles. The summed E-state index contributed by atoms with van der Waals surface area (Å²) in [4.78, 5) is 16.1. The van der Waals surface area contributed by atoms with Crippen LogP contribution in [0.3, 0.4) is 0 Å². The molecule has 0 radical (unpaired) electrons. The zero-order valence-electron chi connectivity index (χ0n) is 11.4. The van der Waals surface area contributed by atoms with Crippen molar-refractivity contribution in [3.63, 3.8) is 0 Å². The molecule has 0 fully saturated rings. The van der Waals surface area contributed by atoms with Gasteiger partial charge in [0, 0.05) is 31.0 Å². The summed E-state index contributed by atoms with van der Waals surface area (Å²) in [5, 5.41) is 0. The van der Waals surface area contributed by atoms with Crippen LogP contribution in [0.1, 0.15) is 18.4 Å². The molecular formula is C14H20BrN3O. The smallest absolute Gasteiger partial charge is 0.228 e. The number of nitrogens with zero attached hydrogens (tertiary/aromatic N) is 2. The van der Waals surface area contributed by atoms with E-state index in [1.807, 2.05) is 14.0 Å². The fourth-order valence-electron chi connectivity index (χ4n) is 2.44. The number of amides is 1. The number of carbonyl (C=O) groups excluding carboxylic acids is 1. The third-order valence-electron chi connectivity index (χ3n) is 3.47. The number of hydrogen-bond acceptors (Lipinski definition) is 3. The first-order valence-electron chi connectivity index (χ1n) is 6.56. The van der Waals surface area contributed by atoms with Gasteiger partial charge in [-0.1, -0.05) is 0 Å². The molecule has 5 heteroatoms. The minimum atomic E-state index is 0.161. The number of nitrogens with two attached hydrogens (primary N) is 1. The Morgan fingerprint density at radius 2 is 2.16 bits per heavy atom. The van der Waals surface area contributed by atoms with Gasteiger partial charge in [-0.3, -0.25) is 4.79 Å². The van der Waals surface area contributed by atoms with Gasteiger partial charge in [0.05, 0.1) is 11.4 Å². The summed E-state index contributed by atoms with van der Waals surface area (Å²) in [6.07, 6.45) is 1.47. The van der Waals surface area contributed by atoms with Crippen LogP contribution in [0.15, 0.2) is 16.6 Å². The normalized spacial score (nSPS) is 15.5. The molecule has 0 spiro atoms. The van der Waals surface area contributed by atoms with Gasteiger partial charge in [-0.15, -0.1) is 0 Å². The van der Waals surface area contributed by atoms with Gasteiger partial charge in [-0.05, 0) is 53.5 Å². The quantitative estimate of drug-likeness (QED) is 0.927. The minimum Gasteiger partial charge on any atom is -0.368 e. The highest BCUT2D eigenvalue weighted by Crippen LogP contribution is 2.39. The summed E-state index contributed by atoms with van der Waals surface area (Å²) < 4.78 is 1.04. The molecule has 1 aromatic rings. The number of aryl methyl sites for hydroxylation is 1. The van der Waals surface area contributed by atoms with Crippen LogP contribution < -0.4 is 15.5 Å². The lowest BCUT2D eigenvalue weighted by atomic mass is 10.1. The van der Waals surface area contributed by atoms with Crippen LogP contribution in [-0.4, -0.2) is 32.6 Å². The molecule has 4 nitrogen and oxygen atoms in total. The molecule has 0 aliphatic carbocycles. The number of halogens is 1. The Kier molecular flexibility index (Phi) is 4.47. The fourth-order valence-corrected chi connectivity index (χ4v) is 3.25. The number of anilines is 2. The third-order valence-corrected chi connectivity index (χ3v) is 4.07. The van der Waals surface area contributed by atoms with Crippen molar-refractivity contribution in [3.05, 3.63) is 22.2 Å². The zero-order valence-corrected chi connectivity index (χ0v) is 13.0. The van der Waals surface area contributed by atoms with Crippen molar-refractivity contribution in [1.82, 2.24) is 0 Å². The third kappa shape index (κ3) is 2.92. The van der Waals surface area contributed by atoms with Gasteiger partial charge in [0.1, 0.15) is 0 Å². The molecule has 1 amide bonds. The molecule has 0 saturated heterocycles. The first-order chi connectivity index (χ1) is 9.04. The number of hydrogen-bond donors (Lipinski definition) is 1. The topological polar surface area (TPSA) is 49.6 Å². The Bertz CT molecular complexity index is 490. The Hall–Kier alpha value is -1.07.